The summed E-state index contributed by atoms with van der Waals surface area (Å²) in [5, 5.41) is 3.04. The Morgan fingerprint density at radius 3 is 2.63 bits per heavy atom. The van der Waals surface area contributed by atoms with Crippen molar-refractivity contribution in [2.75, 3.05) is 7.05 Å². The summed E-state index contributed by atoms with van der Waals surface area (Å²) in [6, 6.07) is 3.25. The fraction of sp³-hybridized carbons (Fsp3) is 0.286. The highest BCUT2D eigenvalue weighted by atomic mass is 19.1. The largest absolute Gasteiger partial charge is 0.311 e. The Morgan fingerprint density at radius 1 is 1.21 bits per heavy atom. The first kappa shape index (κ1) is 13.5. The van der Waals surface area contributed by atoms with Crippen LogP contribution in [-0.4, -0.2) is 17.0 Å². The normalized spacial score (nSPS) is 12.4. The van der Waals surface area contributed by atoms with E-state index in [1.54, 1.807) is 19.4 Å². The topological polar surface area (TPSA) is 37.8 Å². The Bertz CT molecular complexity index is 555. The lowest BCUT2D eigenvalue weighted by atomic mass is 10.0. The zero-order valence-electron chi connectivity index (χ0n) is 10.8. The molecule has 1 N–H and O–H groups in total. The highest BCUT2D eigenvalue weighted by Crippen LogP contribution is 2.19. The molecule has 1 heterocycles. The zero-order chi connectivity index (χ0) is 13.8. The number of nitrogens with zero attached hydrogens (tertiary/aromatic N) is 2. The van der Waals surface area contributed by atoms with Crippen molar-refractivity contribution in [1.29, 1.82) is 0 Å². The molecule has 0 aliphatic carbocycles. The van der Waals surface area contributed by atoms with Crippen molar-refractivity contribution in [3.63, 3.8) is 0 Å². The Hall–Kier alpha value is -1.88. The summed E-state index contributed by atoms with van der Waals surface area (Å²) in [5.74, 6) is -0.858. The highest BCUT2D eigenvalue weighted by molar-refractivity contribution is 5.21. The third-order valence-corrected chi connectivity index (χ3v) is 2.94. The molecule has 0 aliphatic rings. The van der Waals surface area contributed by atoms with Crippen LogP contribution >= 0.6 is 0 Å². The molecule has 2 aromatic rings. The third-order valence-electron chi connectivity index (χ3n) is 2.94. The van der Waals surface area contributed by atoms with Crippen LogP contribution in [0.1, 0.15) is 23.0 Å². The third kappa shape index (κ3) is 3.32. The maximum atomic E-state index is 13.6. The minimum Gasteiger partial charge on any atom is -0.311 e. The van der Waals surface area contributed by atoms with Gasteiger partial charge in [0.15, 0.2) is 0 Å². The van der Waals surface area contributed by atoms with Gasteiger partial charge in [0.2, 0.25) is 0 Å². The molecule has 0 spiro atoms. The molecule has 2 rings (SSSR count). The average molecular weight is 263 g/mol. The highest BCUT2D eigenvalue weighted by Gasteiger charge is 2.15. The maximum absolute atomic E-state index is 13.6. The van der Waals surface area contributed by atoms with Crippen LogP contribution in [0.3, 0.4) is 0 Å². The van der Waals surface area contributed by atoms with Crippen LogP contribution in [0.5, 0.6) is 0 Å². The monoisotopic (exact) mass is 263 g/mol. The zero-order valence-corrected chi connectivity index (χ0v) is 10.8. The lowest BCUT2D eigenvalue weighted by Crippen LogP contribution is -2.21. The second-order valence-corrected chi connectivity index (χ2v) is 4.36. The number of nitrogens with one attached hydrogen (secondary N) is 1. The number of hydrogen-bond acceptors (Lipinski definition) is 3. The molecule has 1 atom stereocenters. The minimum absolute atomic E-state index is 0.204. The van der Waals surface area contributed by atoms with Crippen LogP contribution < -0.4 is 5.32 Å². The summed E-state index contributed by atoms with van der Waals surface area (Å²) in [5.41, 5.74) is 1.84. The predicted octanol–water partition coefficient (Wildman–Crippen LogP) is 2.57. The quantitative estimate of drug-likeness (QED) is 0.921. The SMILES string of the molecule is CNC(Cc1cc(F)ccc1F)c1cnc(C)cn1. The molecular formula is C14H15F2N3. The van der Waals surface area contributed by atoms with E-state index in [0.29, 0.717) is 17.7 Å². The molecule has 0 amide bonds. The van der Waals surface area contributed by atoms with Gasteiger partial charge in [-0.15, -0.1) is 0 Å². The molecule has 0 bridgehead atoms. The van der Waals surface area contributed by atoms with Gasteiger partial charge in [0, 0.05) is 6.20 Å². The van der Waals surface area contributed by atoms with Crippen molar-refractivity contribution in [2.45, 2.75) is 19.4 Å². The summed E-state index contributed by atoms with van der Waals surface area (Å²) in [7, 11) is 1.75. The van der Waals surface area contributed by atoms with Gasteiger partial charge >= 0.3 is 0 Å². The van der Waals surface area contributed by atoms with Gasteiger partial charge in [-0.1, -0.05) is 0 Å². The molecular weight excluding hydrogens is 248 g/mol. The fourth-order valence-corrected chi connectivity index (χ4v) is 1.86. The molecule has 3 nitrogen and oxygen atoms in total. The minimum atomic E-state index is -0.443. The van der Waals surface area contributed by atoms with Gasteiger partial charge in [-0.25, -0.2) is 8.78 Å². The molecule has 0 saturated heterocycles. The molecule has 19 heavy (non-hydrogen) atoms. The van der Waals surface area contributed by atoms with E-state index in [0.717, 1.165) is 17.8 Å². The van der Waals surface area contributed by atoms with E-state index in [1.807, 2.05) is 6.92 Å². The molecule has 5 heteroatoms. The van der Waals surface area contributed by atoms with E-state index in [9.17, 15) is 8.78 Å². The molecule has 0 aliphatic heterocycles. The van der Waals surface area contributed by atoms with Crippen LogP contribution in [0.25, 0.3) is 0 Å². The van der Waals surface area contributed by atoms with E-state index < -0.39 is 11.6 Å². The number of aryl methyl sites for hydroxylation is 1. The van der Waals surface area contributed by atoms with Crippen LogP contribution in [0.15, 0.2) is 30.6 Å². The number of rotatable bonds is 4. The van der Waals surface area contributed by atoms with Gasteiger partial charge in [-0.2, -0.15) is 0 Å². The fourth-order valence-electron chi connectivity index (χ4n) is 1.86. The van der Waals surface area contributed by atoms with Crippen molar-refractivity contribution in [1.82, 2.24) is 15.3 Å². The molecule has 1 aromatic heterocycles. The first-order chi connectivity index (χ1) is 9.10. The summed E-state index contributed by atoms with van der Waals surface area (Å²) >= 11 is 0. The Labute approximate surface area is 110 Å². The van der Waals surface area contributed by atoms with Gasteiger partial charge in [-0.3, -0.25) is 9.97 Å². The molecule has 0 radical (unpaired) electrons. The van der Waals surface area contributed by atoms with Gasteiger partial charge in [0.25, 0.3) is 0 Å². The first-order valence-corrected chi connectivity index (χ1v) is 6.00. The number of likely N-dealkylation sites (N-methyl/N-ethyl adjacent to an activating group) is 1. The number of benzene rings is 1. The lowest BCUT2D eigenvalue weighted by Gasteiger charge is -2.16. The number of aromatic nitrogens is 2. The lowest BCUT2D eigenvalue weighted by molar-refractivity contribution is 0.534. The predicted molar refractivity (Wildman–Crippen MR) is 68.6 cm³/mol. The Kier molecular flexibility index (Phi) is 4.16. The van der Waals surface area contributed by atoms with E-state index in [4.69, 9.17) is 0 Å². The van der Waals surface area contributed by atoms with E-state index >= 15 is 0 Å². The van der Waals surface area contributed by atoms with Crippen LogP contribution in [0.4, 0.5) is 8.78 Å². The van der Waals surface area contributed by atoms with Crippen molar-refractivity contribution >= 4 is 0 Å². The Morgan fingerprint density at radius 2 is 2.00 bits per heavy atom. The van der Waals surface area contributed by atoms with Gasteiger partial charge in [-0.05, 0) is 44.2 Å². The van der Waals surface area contributed by atoms with Crippen molar-refractivity contribution in [3.8, 4) is 0 Å². The molecule has 100 valence electrons. The molecule has 1 unspecified atom stereocenters. The second-order valence-electron chi connectivity index (χ2n) is 4.36. The number of halogens is 2. The molecule has 0 saturated carbocycles. The van der Waals surface area contributed by atoms with Crippen LogP contribution in [0, 0.1) is 18.6 Å². The number of hydrogen-bond donors (Lipinski definition) is 1. The second kappa shape index (κ2) is 5.84. The van der Waals surface area contributed by atoms with Crippen molar-refractivity contribution in [2.24, 2.45) is 0 Å². The average Bonchev–Trinajstić information content (AvgIpc) is 2.41. The van der Waals surface area contributed by atoms with Gasteiger partial charge < -0.3 is 5.32 Å². The van der Waals surface area contributed by atoms with E-state index in [1.165, 1.54) is 6.07 Å². The van der Waals surface area contributed by atoms with Gasteiger partial charge in [0.05, 0.1) is 23.6 Å². The Balaban J connectivity index is 2.23. The van der Waals surface area contributed by atoms with Crippen molar-refractivity contribution in [3.05, 3.63) is 59.2 Å². The molecule has 1 aromatic carbocycles. The summed E-state index contributed by atoms with van der Waals surface area (Å²) in [6.45, 7) is 1.84. The van der Waals surface area contributed by atoms with E-state index in [-0.39, 0.29) is 6.04 Å². The van der Waals surface area contributed by atoms with E-state index in [2.05, 4.69) is 15.3 Å². The summed E-state index contributed by atoms with van der Waals surface area (Å²) in [6.07, 6.45) is 3.62. The standard InChI is InChI=1S/C14H15F2N3/c1-9-7-19-14(8-18-9)13(17-2)6-10-5-11(15)3-4-12(10)16/h3-5,7-8,13,17H,6H2,1-2H3. The first-order valence-electron chi connectivity index (χ1n) is 6.00. The summed E-state index contributed by atoms with van der Waals surface area (Å²) < 4.78 is 26.8. The summed E-state index contributed by atoms with van der Waals surface area (Å²) in [4.78, 5) is 8.42. The molecule has 0 fully saturated rings. The van der Waals surface area contributed by atoms with Crippen LogP contribution in [0.2, 0.25) is 0 Å². The van der Waals surface area contributed by atoms with Crippen LogP contribution in [-0.2, 0) is 6.42 Å². The smallest absolute Gasteiger partial charge is 0.126 e. The maximum Gasteiger partial charge on any atom is 0.126 e. The van der Waals surface area contributed by atoms with Gasteiger partial charge in [0.1, 0.15) is 11.6 Å². The van der Waals surface area contributed by atoms with Crippen molar-refractivity contribution < 1.29 is 8.78 Å².